The summed E-state index contributed by atoms with van der Waals surface area (Å²) in [5.41, 5.74) is 8.64. The number of rotatable bonds is 3. The van der Waals surface area contributed by atoms with Gasteiger partial charge in [0.1, 0.15) is 0 Å². The molecule has 0 saturated heterocycles. The van der Waals surface area contributed by atoms with Gasteiger partial charge in [0.05, 0.1) is 5.69 Å². The van der Waals surface area contributed by atoms with Gasteiger partial charge < -0.3 is 0 Å². The molecule has 2 heteroatoms. The number of allylic oxidation sites excluding steroid dienone is 1. The highest BCUT2D eigenvalue weighted by Crippen LogP contribution is 2.18. The van der Waals surface area contributed by atoms with E-state index in [1.165, 1.54) is 0 Å². The van der Waals surface area contributed by atoms with E-state index in [1.54, 1.807) is 0 Å². The molecule has 0 radical (unpaired) electrons. The molecule has 56 valence electrons. The fraction of sp³-hybridized carbons (Fsp3) is 0.111. The summed E-state index contributed by atoms with van der Waals surface area (Å²) in [6.45, 7) is 3.63. The molecule has 1 aromatic rings. The van der Waals surface area contributed by atoms with Crippen LogP contribution in [0, 0.1) is 5.53 Å². The lowest BCUT2D eigenvalue weighted by Gasteiger charge is -1.98. The lowest BCUT2D eigenvalue weighted by Crippen LogP contribution is -1.79. The van der Waals surface area contributed by atoms with Crippen LogP contribution in [0.4, 0.5) is 5.69 Å². The Labute approximate surface area is 66.1 Å². The van der Waals surface area contributed by atoms with Crippen molar-refractivity contribution in [2.75, 3.05) is 0 Å². The van der Waals surface area contributed by atoms with Gasteiger partial charge in [-0.3, -0.25) is 0 Å². The van der Waals surface area contributed by atoms with Gasteiger partial charge in [0, 0.05) is 0 Å². The van der Waals surface area contributed by atoms with Crippen LogP contribution in [0.2, 0.25) is 0 Å². The second-order valence-corrected chi connectivity index (χ2v) is 2.23. The van der Waals surface area contributed by atoms with Crippen LogP contribution < -0.4 is 0 Å². The number of para-hydroxylation sites is 1. The van der Waals surface area contributed by atoms with Crippen molar-refractivity contribution in [2.24, 2.45) is 5.11 Å². The molecule has 0 saturated carbocycles. The number of benzene rings is 1. The molecule has 0 atom stereocenters. The summed E-state index contributed by atoms with van der Waals surface area (Å²) in [6, 6.07) is 7.59. The van der Waals surface area contributed by atoms with Gasteiger partial charge in [-0.05, 0) is 18.1 Å². The Balaban J connectivity index is 3.01. The maximum absolute atomic E-state index is 6.85. The van der Waals surface area contributed by atoms with Crippen LogP contribution in [0.3, 0.4) is 0 Å². The number of nitrogens with one attached hydrogen (secondary N) is 1. The average Bonchev–Trinajstić information content (AvgIpc) is 2.06. The summed E-state index contributed by atoms with van der Waals surface area (Å²) in [7, 11) is 0. The van der Waals surface area contributed by atoms with Crippen LogP contribution in [0.1, 0.15) is 5.56 Å². The molecular weight excluding hydrogens is 136 g/mol. The van der Waals surface area contributed by atoms with Crippen molar-refractivity contribution in [2.45, 2.75) is 6.42 Å². The van der Waals surface area contributed by atoms with E-state index in [0.717, 1.165) is 17.7 Å². The fourth-order valence-corrected chi connectivity index (χ4v) is 0.948. The summed E-state index contributed by atoms with van der Waals surface area (Å²) in [6.07, 6.45) is 2.59. The lowest BCUT2D eigenvalue weighted by atomic mass is 10.1. The molecule has 0 aliphatic carbocycles. The molecule has 2 nitrogen and oxygen atoms in total. The van der Waals surface area contributed by atoms with E-state index >= 15 is 0 Å². The van der Waals surface area contributed by atoms with E-state index in [4.69, 9.17) is 5.53 Å². The molecule has 0 aliphatic rings. The van der Waals surface area contributed by atoms with E-state index in [2.05, 4.69) is 11.7 Å². The molecule has 0 fully saturated rings. The Hall–Kier alpha value is -1.44. The Morgan fingerprint density at radius 1 is 1.45 bits per heavy atom. The van der Waals surface area contributed by atoms with E-state index in [9.17, 15) is 0 Å². The van der Waals surface area contributed by atoms with Gasteiger partial charge in [-0.25, -0.2) is 5.53 Å². The van der Waals surface area contributed by atoms with Crippen molar-refractivity contribution in [3.05, 3.63) is 42.5 Å². The highest BCUT2D eigenvalue weighted by atomic mass is 15.0. The lowest BCUT2D eigenvalue weighted by molar-refractivity contribution is 1.11. The first kappa shape index (κ1) is 7.66. The third-order valence-electron chi connectivity index (χ3n) is 1.48. The highest BCUT2D eigenvalue weighted by molar-refractivity contribution is 5.45. The largest absolute Gasteiger partial charge is 0.204 e. The quantitative estimate of drug-likeness (QED) is 0.502. The van der Waals surface area contributed by atoms with Crippen molar-refractivity contribution in [1.29, 1.82) is 5.53 Å². The van der Waals surface area contributed by atoms with Gasteiger partial charge in [-0.15, -0.1) is 6.58 Å². The number of nitrogens with zero attached hydrogens (tertiary/aromatic N) is 1. The predicted molar refractivity (Wildman–Crippen MR) is 45.2 cm³/mol. The van der Waals surface area contributed by atoms with Crippen LogP contribution in [0.15, 0.2) is 42.0 Å². The molecular formula is C9H10N2. The second-order valence-electron chi connectivity index (χ2n) is 2.23. The van der Waals surface area contributed by atoms with Crippen LogP contribution in [-0.2, 0) is 6.42 Å². The first-order valence-corrected chi connectivity index (χ1v) is 3.44. The van der Waals surface area contributed by atoms with E-state index < -0.39 is 0 Å². The minimum absolute atomic E-state index is 0.729. The van der Waals surface area contributed by atoms with Crippen LogP contribution in [0.5, 0.6) is 0 Å². The van der Waals surface area contributed by atoms with Crippen molar-refractivity contribution < 1.29 is 0 Å². The summed E-state index contributed by atoms with van der Waals surface area (Å²) in [5, 5.41) is 3.39. The molecule has 0 aliphatic heterocycles. The maximum atomic E-state index is 6.85. The number of hydrogen-bond acceptors (Lipinski definition) is 2. The summed E-state index contributed by atoms with van der Waals surface area (Å²) < 4.78 is 0. The molecule has 1 aromatic carbocycles. The highest BCUT2D eigenvalue weighted by Gasteiger charge is 1.95. The van der Waals surface area contributed by atoms with Gasteiger partial charge in [0.15, 0.2) is 0 Å². The molecule has 0 heterocycles. The Morgan fingerprint density at radius 3 is 2.82 bits per heavy atom. The van der Waals surface area contributed by atoms with E-state index in [1.807, 2.05) is 30.3 Å². The summed E-state index contributed by atoms with van der Waals surface area (Å²) in [4.78, 5) is 0. The molecule has 0 amide bonds. The first-order chi connectivity index (χ1) is 5.38. The molecule has 0 bridgehead atoms. The molecule has 0 aromatic heterocycles. The monoisotopic (exact) mass is 146 g/mol. The average molecular weight is 146 g/mol. The smallest absolute Gasteiger partial charge is 0.0885 e. The van der Waals surface area contributed by atoms with Crippen molar-refractivity contribution in [3.63, 3.8) is 0 Å². The number of hydrogen-bond donors (Lipinski definition) is 1. The topological polar surface area (TPSA) is 36.2 Å². The first-order valence-electron chi connectivity index (χ1n) is 3.44. The molecule has 11 heavy (non-hydrogen) atoms. The Bertz CT molecular complexity index is 266. The van der Waals surface area contributed by atoms with Crippen LogP contribution >= 0.6 is 0 Å². The SMILES string of the molecule is C=CCc1ccccc1N=N. The van der Waals surface area contributed by atoms with Crippen molar-refractivity contribution >= 4 is 5.69 Å². The Kier molecular flexibility index (Phi) is 2.55. The van der Waals surface area contributed by atoms with Gasteiger partial charge >= 0.3 is 0 Å². The minimum atomic E-state index is 0.729. The van der Waals surface area contributed by atoms with Gasteiger partial charge in [-0.2, -0.15) is 5.11 Å². The van der Waals surface area contributed by atoms with Gasteiger partial charge in [-0.1, -0.05) is 24.3 Å². The van der Waals surface area contributed by atoms with Gasteiger partial charge in [0.25, 0.3) is 0 Å². The fourth-order valence-electron chi connectivity index (χ4n) is 0.948. The van der Waals surface area contributed by atoms with Crippen molar-refractivity contribution in [1.82, 2.24) is 0 Å². The predicted octanol–water partition coefficient (Wildman–Crippen LogP) is 3.08. The minimum Gasteiger partial charge on any atom is -0.204 e. The summed E-state index contributed by atoms with van der Waals surface area (Å²) >= 11 is 0. The molecule has 0 unspecified atom stereocenters. The zero-order valence-electron chi connectivity index (χ0n) is 6.25. The Morgan fingerprint density at radius 2 is 2.18 bits per heavy atom. The third-order valence-corrected chi connectivity index (χ3v) is 1.48. The van der Waals surface area contributed by atoms with Crippen LogP contribution in [-0.4, -0.2) is 0 Å². The summed E-state index contributed by atoms with van der Waals surface area (Å²) in [5.74, 6) is 0. The zero-order valence-corrected chi connectivity index (χ0v) is 6.25. The van der Waals surface area contributed by atoms with E-state index in [-0.39, 0.29) is 0 Å². The third kappa shape index (κ3) is 1.74. The normalized spacial score (nSPS) is 9.09. The maximum Gasteiger partial charge on any atom is 0.0885 e. The van der Waals surface area contributed by atoms with E-state index in [0.29, 0.717) is 0 Å². The van der Waals surface area contributed by atoms with Crippen LogP contribution in [0.25, 0.3) is 0 Å². The zero-order chi connectivity index (χ0) is 8.10. The standard InChI is InChI=1S/C9H10N2/c1-2-5-8-6-3-4-7-9(8)11-10/h2-4,6-7,10H,1,5H2. The molecule has 1 N–H and O–H groups in total. The van der Waals surface area contributed by atoms with Crippen molar-refractivity contribution in [3.8, 4) is 0 Å². The molecule has 1 rings (SSSR count). The van der Waals surface area contributed by atoms with Gasteiger partial charge in [0.2, 0.25) is 0 Å². The molecule has 0 spiro atoms. The second kappa shape index (κ2) is 3.66.